The Morgan fingerprint density at radius 3 is 3.04 bits per heavy atom. The number of rotatable bonds is 2. The summed E-state index contributed by atoms with van der Waals surface area (Å²) in [6, 6.07) is 6.14. The van der Waals surface area contributed by atoms with Gasteiger partial charge in [-0.1, -0.05) is 0 Å². The molecule has 4 heterocycles. The molecule has 3 aromatic heterocycles. The average molecular weight is 323 g/mol. The number of aryl methyl sites for hydroxylation is 2. The van der Waals surface area contributed by atoms with E-state index in [2.05, 4.69) is 32.7 Å². The van der Waals surface area contributed by atoms with Crippen molar-refractivity contribution in [1.29, 1.82) is 0 Å². The van der Waals surface area contributed by atoms with E-state index in [0.717, 1.165) is 41.8 Å². The first-order valence-electron chi connectivity index (χ1n) is 8.37. The van der Waals surface area contributed by atoms with Crippen molar-refractivity contribution in [2.24, 2.45) is 0 Å². The van der Waals surface area contributed by atoms with Gasteiger partial charge in [-0.25, -0.2) is 4.98 Å². The second-order valence-electron chi connectivity index (χ2n) is 6.52. The highest BCUT2D eigenvalue weighted by atomic mass is 16.2. The van der Waals surface area contributed by atoms with Gasteiger partial charge in [0.1, 0.15) is 5.65 Å². The summed E-state index contributed by atoms with van der Waals surface area (Å²) >= 11 is 0. The largest absolute Gasteiger partial charge is 0.345 e. The number of hydrogen-bond donors (Lipinski definition) is 1. The van der Waals surface area contributed by atoms with Crippen LogP contribution in [-0.4, -0.2) is 43.6 Å². The molecule has 0 unspecified atom stereocenters. The molecule has 1 atom stereocenters. The van der Waals surface area contributed by atoms with Crippen LogP contribution in [-0.2, 0) is 0 Å². The number of hydrogen-bond acceptors (Lipinski definition) is 3. The molecule has 6 heteroatoms. The van der Waals surface area contributed by atoms with Gasteiger partial charge < -0.3 is 9.88 Å². The second-order valence-corrected chi connectivity index (χ2v) is 6.52. The fourth-order valence-corrected chi connectivity index (χ4v) is 3.66. The minimum Gasteiger partial charge on any atom is -0.345 e. The Labute approximate surface area is 140 Å². The van der Waals surface area contributed by atoms with Gasteiger partial charge in [0.15, 0.2) is 0 Å². The summed E-state index contributed by atoms with van der Waals surface area (Å²) in [5.41, 5.74) is 3.64. The number of likely N-dealkylation sites (tertiary alicyclic amines) is 1. The number of carbonyl (C=O) groups excluding carboxylic acids is 1. The Hall–Kier alpha value is -2.63. The van der Waals surface area contributed by atoms with E-state index in [1.807, 2.05) is 24.0 Å². The molecule has 0 spiro atoms. The molecule has 1 aliphatic rings. The van der Waals surface area contributed by atoms with Crippen LogP contribution in [0.2, 0.25) is 0 Å². The number of piperidine rings is 1. The lowest BCUT2D eigenvalue weighted by Crippen LogP contribution is -2.41. The van der Waals surface area contributed by atoms with Crippen molar-refractivity contribution in [2.75, 3.05) is 13.1 Å². The van der Waals surface area contributed by atoms with E-state index in [-0.39, 0.29) is 11.9 Å². The predicted molar refractivity (Wildman–Crippen MR) is 92.0 cm³/mol. The van der Waals surface area contributed by atoms with Crippen molar-refractivity contribution in [3.8, 4) is 0 Å². The fourth-order valence-electron chi connectivity index (χ4n) is 3.66. The van der Waals surface area contributed by atoms with E-state index in [1.165, 1.54) is 0 Å². The SMILES string of the molecule is Cc1cc(C)n([C@@H]2CCCN(C(=O)c3c[nH]c4ncccc34)C2)n1. The minimum absolute atomic E-state index is 0.0699. The molecule has 24 heavy (non-hydrogen) atoms. The highest BCUT2D eigenvalue weighted by Gasteiger charge is 2.28. The minimum atomic E-state index is 0.0699. The molecule has 4 rings (SSSR count). The molecule has 0 aromatic carbocycles. The fraction of sp³-hybridized carbons (Fsp3) is 0.389. The van der Waals surface area contributed by atoms with Crippen molar-refractivity contribution in [2.45, 2.75) is 32.7 Å². The normalized spacial score (nSPS) is 18.2. The summed E-state index contributed by atoms with van der Waals surface area (Å²) in [5, 5.41) is 5.49. The maximum absolute atomic E-state index is 13.0. The van der Waals surface area contributed by atoms with Crippen molar-refractivity contribution in [3.05, 3.63) is 47.5 Å². The van der Waals surface area contributed by atoms with Gasteiger partial charge in [-0.2, -0.15) is 5.10 Å². The number of amides is 1. The van der Waals surface area contributed by atoms with Crippen LogP contribution in [0.3, 0.4) is 0 Å². The Morgan fingerprint density at radius 2 is 2.25 bits per heavy atom. The summed E-state index contributed by atoms with van der Waals surface area (Å²) < 4.78 is 2.07. The summed E-state index contributed by atoms with van der Waals surface area (Å²) in [7, 11) is 0. The molecule has 3 aromatic rings. The number of fused-ring (bicyclic) bond motifs is 1. The van der Waals surface area contributed by atoms with E-state index in [4.69, 9.17) is 0 Å². The first-order chi connectivity index (χ1) is 11.6. The van der Waals surface area contributed by atoms with E-state index in [1.54, 1.807) is 12.4 Å². The number of aromatic amines is 1. The maximum Gasteiger partial charge on any atom is 0.256 e. The third-order valence-corrected chi connectivity index (χ3v) is 4.76. The average Bonchev–Trinajstić information content (AvgIpc) is 3.17. The van der Waals surface area contributed by atoms with Crippen LogP contribution < -0.4 is 0 Å². The van der Waals surface area contributed by atoms with Crippen molar-refractivity contribution in [1.82, 2.24) is 24.6 Å². The van der Waals surface area contributed by atoms with Gasteiger partial charge in [-0.3, -0.25) is 9.48 Å². The Balaban J connectivity index is 1.60. The highest BCUT2D eigenvalue weighted by Crippen LogP contribution is 2.25. The van der Waals surface area contributed by atoms with Gasteiger partial charge in [0, 0.05) is 36.6 Å². The first-order valence-corrected chi connectivity index (χ1v) is 8.37. The monoisotopic (exact) mass is 323 g/mol. The molecule has 0 aliphatic carbocycles. The number of aromatic nitrogens is 4. The van der Waals surface area contributed by atoms with Crippen molar-refractivity contribution < 1.29 is 4.79 Å². The molecule has 0 saturated carbocycles. The number of nitrogens with one attached hydrogen (secondary N) is 1. The Bertz CT molecular complexity index is 894. The van der Waals surface area contributed by atoms with Crippen LogP contribution >= 0.6 is 0 Å². The van der Waals surface area contributed by atoms with Crippen LogP contribution in [0.4, 0.5) is 0 Å². The molecule has 1 aliphatic heterocycles. The Morgan fingerprint density at radius 1 is 1.38 bits per heavy atom. The van der Waals surface area contributed by atoms with Crippen LogP contribution in [0.5, 0.6) is 0 Å². The van der Waals surface area contributed by atoms with E-state index >= 15 is 0 Å². The van der Waals surface area contributed by atoms with Gasteiger partial charge in [-0.15, -0.1) is 0 Å². The zero-order chi connectivity index (χ0) is 16.7. The quantitative estimate of drug-likeness (QED) is 0.788. The summed E-state index contributed by atoms with van der Waals surface area (Å²) in [4.78, 5) is 22.3. The highest BCUT2D eigenvalue weighted by molar-refractivity contribution is 6.05. The molecule has 0 radical (unpaired) electrons. The zero-order valence-corrected chi connectivity index (χ0v) is 14.0. The lowest BCUT2D eigenvalue weighted by atomic mass is 10.0. The summed E-state index contributed by atoms with van der Waals surface area (Å²) in [5.74, 6) is 0.0699. The van der Waals surface area contributed by atoms with Crippen LogP contribution in [0, 0.1) is 13.8 Å². The van der Waals surface area contributed by atoms with Gasteiger partial charge >= 0.3 is 0 Å². The van der Waals surface area contributed by atoms with Crippen LogP contribution in [0.15, 0.2) is 30.6 Å². The smallest absolute Gasteiger partial charge is 0.256 e. The molecule has 0 bridgehead atoms. The molecule has 124 valence electrons. The molecule has 6 nitrogen and oxygen atoms in total. The molecular formula is C18H21N5O. The first kappa shape index (κ1) is 14.9. The maximum atomic E-state index is 13.0. The standard InChI is InChI=1S/C18H21N5O/c1-12-9-13(2)23(21-12)14-5-4-8-22(11-14)18(24)16-10-20-17-15(16)6-3-7-19-17/h3,6-7,9-10,14H,4-5,8,11H2,1-2H3,(H,19,20)/t14-/m1/s1. The Kier molecular flexibility index (Phi) is 3.59. The number of pyridine rings is 1. The number of nitrogens with zero attached hydrogens (tertiary/aromatic N) is 4. The van der Waals surface area contributed by atoms with Crippen molar-refractivity contribution >= 4 is 16.9 Å². The second kappa shape index (κ2) is 5.78. The summed E-state index contributed by atoms with van der Waals surface area (Å²) in [6.45, 7) is 5.58. The predicted octanol–water partition coefficient (Wildman–Crippen LogP) is 2.85. The molecule has 1 saturated heterocycles. The molecule has 1 fully saturated rings. The van der Waals surface area contributed by atoms with Crippen LogP contribution in [0.25, 0.3) is 11.0 Å². The number of carbonyl (C=O) groups is 1. The van der Waals surface area contributed by atoms with E-state index < -0.39 is 0 Å². The lowest BCUT2D eigenvalue weighted by Gasteiger charge is -2.33. The van der Waals surface area contributed by atoms with E-state index in [0.29, 0.717) is 12.1 Å². The van der Waals surface area contributed by atoms with Crippen molar-refractivity contribution in [3.63, 3.8) is 0 Å². The van der Waals surface area contributed by atoms with E-state index in [9.17, 15) is 4.79 Å². The van der Waals surface area contributed by atoms with Gasteiger partial charge in [0.2, 0.25) is 0 Å². The summed E-state index contributed by atoms with van der Waals surface area (Å²) in [6.07, 6.45) is 5.55. The molecule has 1 N–H and O–H groups in total. The zero-order valence-electron chi connectivity index (χ0n) is 14.0. The van der Waals surface area contributed by atoms with Gasteiger partial charge in [0.05, 0.1) is 17.3 Å². The molecular weight excluding hydrogens is 302 g/mol. The van der Waals surface area contributed by atoms with Gasteiger partial charge in [-0.05, 0) is 44.9 Å². The topological polar surface area (TPSA) is 66.8 Å². The van der Waals surface area contributed by atoms with Crippen LogP contribution in [0.1, 0.15) is 40.6 Å². The lowest BCUT2D eigenvalue weighted by molar-refractivity contribution is 0.0673. The third kappa shape index (κ3) is 2.48. The molecule has 1 amide bonds. The third-order valence-electron chi connectivity index (χ3n) is 4.76. The van der Waals surface area contributed by atoms with Gasteiger partial charge in [0.25, 0.3) is 5.91 Å². The number of H-pyrrole nitrogens is 1.